The minimum absolute atomic E-state index is 0.00346. The first-order valence-corrected chi connectivity index (χ1v) is 6.50. The number of thiazole rings is 1. The second-order valence-corrected chi connectivity index (χ2v) is 5.53. The fraction of sp³-hybridized carbons (Fsp3) is 0.167. The van der Waals surface area contributed by atoms with Gasteiger partial charge in [0, 0.05) is 16.0 Å². The molecule has 0 atom stereocenters. The fourth-order valence-electron chi connectivity index (χ4n) is 1.44. The molecule has 0 saturated heterocycles. The van der Waals surface area contributed by atoms with E-state index in [9.17, 15) is 9.18 Å². The zero-order valence-electron chi connectivity index (χ0n) is 9.61. The molecule has 3 nitrogen and oxygen atoms in total. The lowest BCUT2D eigenvalue weighted by Crippen LogP contribution is -2.23. The van der Waals surface area contributed by atoms with E-state index in [-0.39, 0.29) is 5.56 Å². The smallest absolute Gasteiger partial charge is 0.254 e. The summed E-state index contributed by atoms with van der Waals surface area (Å²) in [6.45, 7) is 2.24. The lowest BCUT2D eigenvalue weighted by Gasteiger charge is -2.05. The number of hydrogen-bond acceptors (Lipinski definition) is 4. The number of rotatable bonds is 3. The zero-order chi connectivity index (χ0) is 13.1. The number of aromatic nitrogens is 1. The summed E-state index contributed by atoms with van der Waals surface area (Å²) in [5.41, 5.74) is 0.00346. The number of nitrogens with one attached hydrogen (secondary N) is 1. The zero-order valence-corrected chi connectivity index (χ0v) is 11.3. The van der Waals surface area contributed by atoms with Crippen LogP contribution in [0.3, 0.4) is 0 Å². The third-order valence-electron chi connectivity index (χ3n) is 2.29. The highest BCUT2D eigenvalue weighted by Gasteiger charge is 2.12. The number of hydrogen-bond donors (Lipinski definition) is 2. The van der Waals surface area contributed by atoms with Gasteiger partial charge in [-0.3, -0.25) is 4.79 Å². The third-order valence-corrected chi connectivity index (χ3v) is 3.48. The van der Waals surface area contributed by atoms with Gasteiger partial charge in [-0.05, 0) is 25.1 Å². The first kappa shape index (κ1) is 13.0. The van der Waals surface area contributed by atoms with E-state index in [1.54, 1.807) is 6.20 Å². The lowest BCUT2D eigenvalue weighted by atomic mass is 10.2. The Morgan fingerprint density at radius 2 is 2.33 bits per heavy atom. The Labute approximate surface area is 113 Å². The van der Waals surface area contributed by atoms with E-state index in [0.29, 0.717) is 11.4 Å². The van der Waals surface area contributed by atoms with E-state index in [4.69, 9.17) is 0 Å². The van der Waals surface area contributed by atoms with Gasteiger partial charge >= 0.3 is 0 Å². The molecule has 1 amide bonds. The van der Waals surface area contributed by atoms with Crippen molar-refractivity contribution in [3.05, 3.63) is 45.7 Å². The van der Waals surface area contributed by atoms with E-state index in [2.05, 4.69) is 22.9 Å². The van der Waals surface area contributed by atoms with Gasteiger partial charge in [0.05, 0.1) is 17.1 Å². The lowest BCUT2D eigenvalue weighted by molar-refractivity contribution is 0.0947. The van der Waals surface area contributed by atoms with Gasteiger partial charge in [-0.1, -0.05) is 0 Å². The first-order valence-electron chi connectivity index (χ1n) is 5.24. The Hall–Kier alpha value is -1.40. The summed E-state index contributed by atoms with van der Waals surface area (Å²) in [5.74, 6) is -1.000. The van der Waals surface area contributed by atoms with Crippen LogP contribution in [0.1, 0.15) is 20.2 Å². The second kappa shape index (κ2) is 5.49. The van der Waals surface area contributed by atoms with Crippen LogP contribution in [-0.2, 0) is 6.54 Å². The van der Waals surface area contributed by atoms with Gasteiger partial charge in [0.15, 0.2) is 0 Å². The molecule has 6 heteroatoms. The minimum atomic E-state index is -0.550. The van der Waals surface area contributed by atoms with Gasteiger partial charge in [-0.15, -0.1) is 24.0 Å². The highest BCUT2D eigenvalue weighted by atomic mass is 32.1. The van der Waals surface area contributed by atoms with Crippen LogP contribution in [0.15, 0.2) is 29.3 Å². The number of amides is 1. The summed E-state index contributed by atoms with van der Waals surface area (Å²) in [7, 11) is 0. The first-order chi connectivity index (χ1) is 8.56. The van der Waals surface area contributed by atoms with Gasteiger partial charge < -0.3 is 5.32 Å². The van der Waals surface area contributed by atoms with E-state index in [1.807, 2.05) is 6.92 Å². The largest absolute Gasteiger partial charge is 0.347 e. The third kappa shape index (κ3) is 3.08. The van der Waals surface area contributed by atoms with Crippen LogP contribution in [0.4, 0.5) is 4.39 Å². The molecular formula is C12H11FN2OS2. The Morgan fingerprint density at radius 3 is 3.00 bits per heavy atom. The topological polar surface area (TPSA) is 42.0 Å². The SMILES string of the molecule is Cc1ncc(CNC(=O)c2cc(S)ccc2F)s1. The van der Waals surface area contributed by atoms with Crippen molar-refractivity contribution in [3.8, 4) is 0 Å². The average Bonchev–Trinajstić information content (AvgIpc) is 2.75. The van der Waals surface area contributed by atoms with Crippen molar-refractivity contribution in [2.75, 3.05) is 0 Å². The number of thiol groups is 1. The highest BCUT2D eigenvalue weighted by Crippen LogP contribution is 2.14. The fourth-order valence-corrected chi connectivity index (χ4v) is 2.38. The molecule has 94 valence electrons. The Balaban J connectivity index is 2.05. The summed E-state index contributed by atoms with van der Waals surface area (Å²) in [6, 6.07) is 4.14. The molecule has 0 aliphatic carbocycles. The van der Waals surface area contributed by atoms with Crippen LogP contribution in [-0.4, -0.2) is 10.9 Å². The Morgan fingerprint density at radius 1 is 1.56 bits per heavy atom. The van der Waals surface area contributed by atoms with Crippen LogP contribution >= 0.6 is 24.0 Å². The monoisotopic (exact) mass is 282 g/mol. The van der Waals surface area contributed by atoms with Crippen molar-refractivity contribution < 1.29 is 9.18 Å². The molecule has 2 aromatic rings. The number of nitrogens with zero attached hydrogens (tertiary/aromatic N) is 1. The standard InChI is InChI=1S/C12H11FN2OS2/c1-7-14-5-9(18-7)6-15-12(16)10-4-8(17)2-3-11(10)13/h2-5,17H,6H2,1H3,(H,15,16). The van der Waals surface area contributed by atoms with E-state index in [1.165, 1.54) is 29.5 Å². The van der Waals surface area contributed by atoms with Crippen molar-refractivity contribution in [3.63, 3.8) is 0 Å². The molecule has 0 aliphatic heterocycles. The molecule has 0 unspecified atom stereocenters. The number of halogens is 1. The minimum Gasteiger partial charge on any atom is -0.347 e. The molecular weight excluding hydrogens is 271 g/mol. The second-order valence-electron chi connectivity index (χ2n) is 3.69. The average molecular weight is 282 g/mol. The van der Waals surface area contributed by atoms with Crippen LogP contribution in [0, 0.1) is 12.7 Å². The van der Waals surface area contributed by atoms with Crippen molar-refractivity contribution in [1.29, 1.82) is 0 Å². The number of aryl methyl sites for hydroxylation is 1. The van der Waals surface area contributed by atoms with Crippen molar-refractivity contribution in [1.82, 2.24) is 10.3 Å². The maximum Gasteiger partial charge on any atom is 0.254 e. The molecule has 1 heterocycles. The predicted octanol–water partition coefficient (Wildman–Crippen LogP) is 2.81. The van der Waals surface area contributed by atoms with Crippen LogP contribution < -0.4 is 5.32 Å². The summed E-state index contributed by atoms with van der Waals surface area (Å²) in [4.78, 5) is 17.4. The summed E-state index contributed by atoms with van der Waals surface area (Å²) in [6.07, 6.45) is 1.70. The highest BCUT2D eigenvalue weighted by molar-refractivity contribution is 7.80. The normalized spacial score (nSPS) is 10.4. The molecule has 1 aromatic carbocycles. The molecule has 0 fully saturated rings. The van der Waals surface area contributed by atoms with Gasteiger partial charge in [-0.2, -0.15) is 0 Å². The summed E-state index contributed by atoms with van der Waals surface area (Å²) >= 11 is 5.58. The molecule has 0 spiro atoms. The molecule has 0 bridgehead atoms. The molecule has 0 radical (unpaired) electrons. The van der Waals surface area contributed by atoms with Crippen LogP contribution in [0.2, 0.25) is 0 Å². The molecule has 0 saturated carbocycles. The van der Waals surface area contributed by atoms with Crippen molar-refractivity contribution in [2.24, 2.45) is 0 Å². The molecule has 18 heavy (non-hydrogen) atoms. The predicted molar refractivity (Wildman–Crippen MR) is 71.7 cm³/mol. The summed E-state index contributed by atoms with van der Waals surface area (Å²) < 4.78 is 13.4. The van der Waals surface area contributed by atoms with Crippen LogP contribution in [0.5, 0.6) is 0 Å². The summed E-state index contributed by atoms with van der Waals surface area (Å²) in [5, 5.41) is 3.59. The van der Waals surface area contributed by atoms with Crippen molar-refractivity contribution in [2.45, 2.75) is 18.4 Å². The number of carbonyl (C=O) groups is 1. The van der Waals surface area contributed by atoms with Gasteiger partial charge in [0.2, 0.25) is 0 Å². The number of carbonyl (C=O) groups excluding carboxylic acids is 1. The molecule has 1 aromatic heterocycles. The number of benzene rings is 1. The molecule has 1 N–H and O–H groups in total. The Kier molecular flexibility index (Phi) is 3.98. The maximum absolute atomic E-state index is 13.4. The maximum atomic E-state index is 13.4. The van der Waals surface area contributed by atoms with E-state index < -0.39 is 11.7 Å². The van der Waals surface area contributed by atoms with E-state index >= 15 is 0 Å². The van der Waals surface area contributed by atoms with E-state index in [0.717, 1.165) is 9.88 Å². The van der Waals surface area contributed by atoms with Crippen molar-refractivity contribution >= 4 is 29.9 Å². The molecule has 2 rings (SSSR count). The van der Waals surface area contributed by atoms with Gasteiger partial charge in [0.25, 0.3) is 5.91 Å². The Bertz CT molecular complexity index is 583. The van der Waals surface area contributed by atoms with Gasteiger partial charge in [0.1, 0.15) is 5.82 Å². The van der Waals surface area contributed by atoms with Gasteiger partial charge in [-0.25, -0.2) is 9.37 Å². The quantitative estimate of drug-likeness (QED) is 0.850. The van der Waals surface area contributed by atoms with Crippen LogP contribution in [0.25, 0.3) is 0 Å². The molecule has 0 aliphatic rings.